The van der Waals surface area contributed by atoms with Gasteiger partial charge in [0.15, 0.2) is 0 Å². The summed E-state index contributed by atoms with van der Waals surface area (Å²) in [6, 6.07) is 14.3. The van der Waals surface area contributed by atoms with Gasteiger partial charge in [0.2, 0.25) is 0 Å². The highest BCUT2D eigenvalue weighted by Gasteiger charge is 2.12. The van der Waals surface area contributed by atoms with Crippen molar-refractivity contribution in [2.75, 3.05) is 7.11 Å². The molecule has 0 unspecified atom stereocenters. The molecule has 0 aliphatic heterocycles. The highest BCUT2D eigenvalue weighted by atomic mass is 16.5. The van der Waals surface area contributed by atoms with Crippen molar-refractivity contribution in [3.05, 3.63) is 53.9 Å². The van der Waals surface area contributed by atoms with Crippen molar-refractivity contribution in [1.29, 1.82) is 0 Å². The Morgan fingerprint density at radius 3 is 2.42 bits per heavy atom. The number of rotatable bonds is 2. The smallest absolute Gasteiger partial charge is 0.137 e. The topological polar surface area (TPSA) is 26.5 Å². The average molecular weight is 252 g/mol. The molecular formula is C16H16N2O. The zero-order valence-electron chi connectivity index (χ0n) is 11.3. The predicted octanol–water partition coefficient (Wildman–Crippen LogP) is 3.63. The van der Waals surface area contributed by atoms with Crippen molar-refractivity contribution in [1.82, 2.24) is 9.38 Å². The van der Waals surface area contributed by atoms with Crippen LogP contribution in [0.1, 0.15) is 11.4 Å². The third kappa shape index (κ3) is 1.87. The SMILES string of the molecule is COc1ccc(-c2c(C)nc3cccc(C)n23)cc1. The Bertz CT molecular complexity index is 726. The Morgan fingerprint density at radius 2 is 1.74 bits per heavy atom. The van der Waals surface area contributed by atoms with Crippen LogP contribution in [0.15, 0.2) is 42.5 Å². The molecule has 2 aromatic heterocycles. The molecule has 0 amide bonds. The molecule has 0 radical (unpaired) electrons. The molecule has 0 saturated carbocycles. The van der Waals surface area contributed by atoms with E-state index < -0.39 is 0 Å². The fourth-order valence-electron chi connectivity index (χ4n) is 2.45. The lowest BCUT2D eigenvalue weighted by Crippen LogP contribution is -1.94. The highest BCUT2D eigenvalue weighted by molar-refractivity contribution is 5.68. The summed E-state index contributed by atoms with van der Waals surface area (Å²) in [5.74, 6) is 0.868. The molecular weight excluding hydrogens is 236 g/mol. The van der Waals surface area contributed by atoms with Crippen molar-refractivity contribution in [2.45, 2.75) is 13.8 Å². The molecule has 0 bridgehead atoms. The molecule has 3 aromatic rings. The Balaban J connectivity index is 2.26. The van der Waals surface area contributed by atoms with Crippen molar-refractivity contribution >= 4 is 5.65 Å². The molecule has 0 fully saturated rings. The summed E-state index contributed by atoms with van der Waals surface area (Å²) in [4.78, 5) is 4.62. The van der Waals surface area contributed by atoms with E-state index in [1.54, 1.807) is 7.11 Å². The maximum atomic E-state index is 5.21. The number of hydrogen-bond donors (Lipinski definition) is 0. The largest absolute Gasteiger partial charge is 0.497 e. The molecule has 0 atom stereocenters. The minimum Gasteiger partial charge on any atom is -0.497 e. The summed E-state index contributed by atoms with van der Waals surface area (Å²) in [5, 5.41) is 0. The fraction of sp³-hybridized carbons (Fsp3) is 0.188. The van der Waals surface area contributed by atoms with E-state index >= 15 is 0 Å². The molecule has 2 heterocycles. The van der Waals surface area contributed by atoms with Crippen LogP contribution in [-0.4, -0.2) is 16.5 Å². The van der Waals surface area contributed by atoms with Crippen LogP contribution >= 0.6 is 0 Å². The van der Waals surface area contributed by atoms with Crippen molar-refractivity contribution in [2.24, 2.45) is 0 Å². The molecule has 0 spiro atoms. The summed E-state index contributed by atoms with van der Waals surface area (Å²) in [6.45, 7) is 4.15. The summed E-state index contributed by atoms with van der Waals surface area (Å²) in [5.41, 5.74) is 5.52. The first kappa shape index (κ1) is 11.8. The first-order valence-corrected chi connectivity index (χ1v) is 6.30. The van der Waals surface area contributed by atoms with E-state index in [1.165, 1.54) is 5.69 Å². The molecule has 0 aliphatic carbocycles. The van der Waals surface area contributed by atoms with E-state index in [1.807, 2.05) is 31.2 Å². The van der Waals surface area contributed by atoms with Gasteiger partial charge in [-0.3, -0.25) is 4.40 Å². The van der Waals surface area contributed by atoms with Crippen molar-refractivity contribution in [3.63, 3.8) is 0 Å². The van der Waals surface area contributed by atoms with Crippen molar-refractivity contribution in [3.8, 4) is 17.0 Å². The standard InChI is InChI=1S/C16H16N2O/c1-11-5-4-6-15-17-12(2)16(18(11)15)13-7-9-14(19-3)10-8-13/h4-10H,1-3H3. The maximum absolute atomic E-state index is 5.21. The highest BCUT2D eigenvalue weighted by Crippen LogP contribution is 2.27. The van der Waals surface area contributed by atoms with Gasteiger partial charge in [0.05, 0.1) is 18.5 Å². The van der Waals surface area contributed by atoms with Gasteiger partial charge in [0.25, 0.3) is 0 Å². The van der Waals surface area contributed by atoms with E-state index in [9.17, 15) is 0 Å². The van der Waals surface area contributed by atoms with Gasteiger partial charge in [-0.25, -0.2) is 4.98 Å². The van der Waals surface area contributed by atoms with Crippen LogP contribution in [0.3, 0.4) is 0 Å². The van der Waals surface area contributed by atoms with Gasteiger partial charge >= 0.3 is 0 Å². The van der Waals surface area contributed by atoms with Gasteiger partial charge in [0, 0.05) is 11.3 Å². The summed E-state index contributed by atoms with van der Waals surface area (Å²) in [7, 11) is 1.68. The minimum absolute atomic E-state index is 0.868. The number of nitrogens with zero attached hydrogens (tertiary/aromatic N) is 2. The minimum atomic E-state index is 0.868. The number of aryl methyl sites for hydroxylation is 2. The number of hydrogen-bond acceptors (Lipinski definition) is 2. The monoisotopic (exact) mass is 252 g/mol. The van der Waals surface area contributed by atoms with Crippen LogP contribution < -0.4 is 4.74 Å². The Morgan fingerprint density at radius 1 is 1.00 bits per heavy atom. The van der Waals surface area contributed by atoms with E-state index in [4.69, 9.17) is 4.74 Å². The predicted molar refractivity (Wildman–Crippen MR) is 76.7 cm³/mol. The van der Waals surface area contributed by atoms with Gasteiger partial charge < -0.3 is 4.74 Å². The lowest BCUT2D eigenvalue weighted by Gasteiger charge is -2.07. The van der Waals surface area contributed by atoms with E-state index in [0.29, 0.717) is 0 Å². The number of pyridine rings is 1. The van der Waals surface area contributed by atoms with Crippen LogP contribution in [0.25, 0.3) is 16.9 Å². The van der Waals surface area contributed by atoms with Crippen LogP contribution in [0.2, 0.25) is 0 Å². The van der Waals surface area contributed by atoms with Gasteiger partial charge in [-0.15, -0.1) is 0 Å². The fourth-order valence-corrected chi connectivity index (χ4v) is 2.45. The second-order valence-electron chi connectivity index (χ2n) is 4.64. The number of imidazole rings is 1. The van der Waals surface area contributed by atoms with Crippen LogP contribution in [0.4, 0.5) is 0 Å². The van der Waals surface area contributed by atoms with Crippen molar-refractivity contribution < 1.29 is 4.74 Å². The van der Waals surface area contributed by atoms with E-state index in [0.717, 1.165) is 28.3 Å². The number of aromatic nitrogens is 2. The summed E-state index contributed by atoms with van der Waals surface area (Å²) < 4.78 is 7.40. The zero-order valence-corrected chi connectivity index (χ0v) is 11.3. The van der Waals surface area contributed by atoms with E-state index in [2.05, 4.69) is 34.5 Å². The van der Waals surface area contributed by atoms with Gasteiger partial charge in [-0.05, 0) is 50.2 Å². The molecule has 0 N–H and O–H groups in total. The quantitative estimate of drug-likeness (QED) is 0.696. The molecule has 0 saturated heterocycles. The zero-order chi connectivity index (χ0) is 13.4. The first-order chi connectivity index (χ1) is 9.20. The lowest BCUT2D eigenvalue weighted by atomic mass is 10.1. The third-order valence-electron chi connectivity index (χ3n) is 3.38. The number of fused-ring (bicyclic) bond motifs is 1. The maximum Gasteiger partial charge on any atom is 0.137 e. The van der Waals surface area contributed by atoms with Gasteiger partial charge in [-0.1, -0.05) is 6.07 Å². The molecule has 19 heavy (non-hydrogen) atoms. The second kappa shape index (κ2) is 4.43. The third-order valence-corrected chi connectivity index (χ3v) is 3.38. The van der Waals surface area contributed by atoms with Crippen LogP contribution in [0.5, 0.6) is 5.75 Å². The molecule has 3 heteroatoms. The molecule has 96 valence electrons. The number of benzene rings is 1. The summed E-state index contributed by atoms with van der Waals surface area (Å²) >= 11 is 0. The molecule has 1 aromatic carbocycles. The average Bonchev–Trinajstić information content (AvgIpc) is 2.76. The normalized spacial score (nSPS) is 10.9. The second-order valence-corrected chi connectivity index (χ2v) is 4.64. The van der Waals surface area contributed by atoms with Crippen LogP contribution in [0, 0.1) is 13.8 Å². The number of methoxy groups -OCH3 is 1. The Kier molecular flexibility index (Phi) is 2.75. The number of ether oxygens (including phenoxy) is 1. The first-order valence-electron chi connectivity index (χ1n) is 6.30. The Labute approximate surface area is 112 Å². The van der Waals surface area contributed by atoms with Crippen LogP contribution in [-0.2, 0) is 0 Å². The Hall–Kier alpha value is -2.29. The molecule has 3 nitrogen and oxygen atoms in total. The van der Waals surface area contributed by atoms with Gasteiger partial charge in [-0.2, -0.15) is 0 Å². The lowest BCUT2D eigenvalue weighted by molar-refractivity contribution is 0.415. The van der Waals surface area contributed by atoms with Gasteiger partial charge in [0.1, 0.15) is 11.4 Å². The molecule has 0 aliphatic rings. The summed E-state index contributed by atoms with van der Waals surface area (Å²) in [6.07, 6.45) is 0. The molecule has 3 rings (SSSR count). The van der Waals surface area contributed by atoms with E-state index in [-0.39, 0.29) is 0 Å².